The summed E-state index contributed by atoms with van der Waals surface area (Å²) in [4.78, 5) is 26.1. The fraction of sp³-hybridized carbons (Fsp3) is 0.667. The first-order valence-electron chi connectivity index (χ1n) is 7.69. The second kappa shape index (κ2) is 9.14. The number of amides is 1. The molecule has 1 saturated heterocycles. The first-order chi connectivity index (χ1) is 10.9. The normalized spacial score (nSPS) is 19.0. The van der Waals surface area contributed by atoms with E-state index in [0.717, 1.165) is 18.9 Å². The Bertz CT molecular complexity index is 503. The van der Waals surface area contributed by atoms with Gasteiger partial charge in [0.25, 0.3) is 6.47 Å². The maximum absolute atomic E-state index is 11.0. The predicted octanol–water partition coefficient (Wildman–Crippen LogP) is 1.64. The third-order valence-corrected chi connectivity index (χ3v) is 4.05. The van der Waals surface area contributed by atoms with Gasteiger partial charge >= 0.3 is 6.09 Å². The van der Waals surface area contributed by atoms with Crippen molar-refractivity contribution in [1.82, 2.24) is 19.8 Å². The molecule has 1 aromatic heterocycles. The molecule has 1 fully saturated rings. The standard InChI is InChI=1S/C14H24N4O2.CH2O2/c1-10(2)12(16-14(19)20)13-15-6-8-18(13)9-11-5-4-7-17(11)3;2-1-3/h6,8,10-12,16H,4-5,7,9H2,1-3H3,(H,19,20);1H,(H,2,3)/t11-,12?;/m0./s1. The minimum absolute atomic E-state index is 0.161. The Morgan fingerprint density at radius 1 is 1.57 bits per heavy atom. The van der Waals surface area contributed by atoms with Gasteiger partial charge in [-0.1, -0.05) is 13.8 Å². The third-order valence-electron chi connectivity index (χ3n) is 4.05. The number of rotatable bonds is 5. The lowest BCUT2D eigenvalue weighted by atomic mass is 10.0. The molecule has 1 amide bonds. The number of likely N-dealkylation sites (N-methyl/N-ethyl adjacent to an activating group) is 1. The summed E-state index contributed by atoms with van der Waals surface area (Å²) in [6, 6.07) is 0.245. The van der Waals surface area contributed by atoms with Gasteiger partial charge in [-0.05, 0) is 32.4 Å². The summed E-state index contributed by atoms with van der Waals surface area (Å²) in [6.45, 7) is 5.76. The molecule has 2 rings (SSSR count). The number of nitrogens with one attached hydrogen (secondary N) is 1. The summed E-state index contributed by atoms with van der Waals surface area (Å²) in [7, 11) is 2.14. The number of carboxylic acid groups (broad SMARTS) is 2. The molecule has 0 spiro atoms. The Morgan fingerprint density at radius 3 is 2.70 bits per heavy atom. The number of aromatic nitrogens is 2. The van der Waals surface area contributed by atoms with E-state index >= 15 is 0 Å². The van der Waals surface area contributed by atoms with Gasteiger partial charge < -0.3 is 25.0 Å². The molecule has 1 aliphatic heterocycles. The Kier molecular flexibility index (Phi) is 7.53. The van der Waals surface area contributed by atoms with Crippen LogP contribution in [0.4, 0.5) is 4.79 Å². The van der Waals surface area contributed by atoms with E-state index in [1.54, 1.807) is 6.20 Å². The number of carbonyl (C=O) groups is 2. The molecule has 8 nitrogen and oxygen atoms in total. The van der Waals surface area contributed by atoms with Crippen molar-refractivity contribution < 1.29 is 19.8 Å². The number of hydrogen-bond acceptors (Lipinski definition) is 4. The first-order valence-corrected chi connectivity index (χ1v) is 7.69. The molecule has 2 atom stereocenters. The van der Waals surface area contributed by atoms with Gasteiger partial charge in [-0.15, -0.1) is 0 Å². The molecule has 23 heavy (non-hydrogen) atoms. The van der Waals surface area contributed by atoms with Gasteiger partial charge in [0.05, 0.1) is 6.04 Å². The van der Waals surface area contributed by atoms with Crippen LogP contribution in [-0.2, 0) is 11.3 Å². The topological polar surface area (TPSA) is 108 Å². The van der Waals surface area contributed by atoms with Gasteiger partial charge in [0.2, 0.25) is 0 Å². The van der Waals surface area contributed by atoms with Crippen LogP contribution in [0.1, 0.15) is 38.6 Å². The summed E-state index contributed by atoms with van der Waals surface area (Å²) in [5, 5.41) is 18.5. The Balaban J connectivity index is 0.000000816. The van der Waals surface area contributed by atoms with Crippen molar-refractivity contribution in [3.8, 4) is 0 Å². The van der Waals surface area contributed by atoms with Crippen molar-refractivity contribution >= 4 is 12.6 Å². The fourth-order valence-corrected chi connectivity index (χ4v) is 2.85. The van der Waals surface area contributed by atoms with E-state index in [2.05, 4.69) is 26.8 Å². The fourth-order valence-electron chi connectivity index (χ4n) is 2.85. The van der Waals surface area contributed by atoms with Crippen LogP contribution in [0.25, 0.3) is 0 Å². The minimum Gasteiger partial charge on any atom is -0.483 e. The highest BCUT2D eigenvalue weighted by Gasteiger charge is 2.26. The molecule has 8 heteroatoms. The summed E-state index contributed by atoms with van der Waals surface area (Å²) in [5.74, 6) is 0.969. The summed E-state index contributed by atoms with van der Waals surface area (Å²) >= 11 is 0. The van der Waals surface area contributed by atoms with Crippen LogP contribution in [0, 0.1) is 5.92 Å². The summed E-state index contributed by atoms with van der Waals surface area (Å²) in [6.07, 6.45) is 5.11. The minimum atomic E-state index is -1.00. The Labute approximate surface area is 136 Å². The number of likely N-dealkylation sites (tertiary alicyclic amines) is 1. The quantitative estimate of drug-likeness (QED) is 0.710. The van der Waals surface area contributed by atoms with Gasteiger partial charge in [-0.25, -0.2) is 9.78 Å². The Morgan fingerprint density at radius 2 is 2.22 bits per heavy atom. The molecule has 3 N–H and O–H groups in total. The molecule has 2 heterocycles. The molecule has 1 aromatic rings. The van der Waals surface area contributed by atoms with E-state index in [9.17, 15) is 4.79 Å². The largest absolute Gasteiger partial charge is 0.483 e. The molecule has 0 aliphatic carbocycles. The molecule has 0 saturated carbocycles. The van der Waals surface area contributed by atoms with Crippen LogP contribution in [-0.4, -0.2) is 56.9 Å². The van der Waals surface area contributed by atoms with E-state index in [0.29, 0.717) is 6.04 Å². The van der Waals surface area contributed by atoms with Gasteiger partial charge in [0.1, 0.15) is 5.82 Å². The molecular formula is C15H26N4O4. The van der Waals surface area contributed by atoms with Crippen LogP contribution in [0.5, 0.6) is 0 Å². The van der Waals surface area contributed by atoms with E-state index < -0.39 is 6.09 Å². The second-order valence-corrected chi connectivity index (χ2v) is 5.99. The van der Waals surface area contributed by atoms with Gasteiger partial charge in [0, 0.05) is 25.0 Å². The van der Waals surface area contributed by atoms with E-state index in [-0.39, 0.29) is 18.4 Å². The summed E-state index contributed by atoms with van der Waals surface area (Å²) in [5.41, 5.74) is 0. The van der Waals surface area contributed by atoms with Crippen molar-refractivity contribution in [1.29, 1.82) is 0 Å². The van der Waals surface area contributed by atoms with Gasteiger partial charge in [-0.2, -0.15) is 0 Å². The molecular weight excluding hydrogens is 300 g/mol. The maximum Gasteiger partial charge on any atom is 0.405 e. The maximum atomic E-state index is 11.0. The van der Waals surface area contributed by atoms with E-state index in [1.807, 2.05) is 20.0 Å². The number of imidazole rings is 1. The monoisotopic (exact) mass is 326 g/mol. The number of nitrogens with zero attached hydrogens (tertiary/aromatic N) is 3. The average molecular weight is 326 g/mol. The van der Waals surface area contributed by atoms with E-state index in [4.69, 9.17) is 15.0 Å². The zero-order valence-electron chi connectivity index (χ0n) is 13.8. The summed E-state index contributed by atoms with van der Waals surface area (Å²) < 4.78 is 2.09. The van der Waals surface area contributed by atoms with E-state index in [1.165, 1.54) is 12.8 Å². The highest BCUT2D eigenvalue weighted by molar-refractivity contribution is 5.65. The third kappa shape index (κ3) is 5.55. The lowest BCUT2D eigenvalue weighted by Crippen LogP contribution is -2.35. The Hall–Kier alpha value is -2.09. The van der Waals surface area contributed by atoms with Crippen molar-refractivity contribution in [2.75, 3.05) is 13.6 Å². The van der Waals surface area contributed by atoms with Crippen LogP contribution in [0.15, 0.2) is 12.4 Å². The van der Waals surface area contributed by atoms with Crippen molar-refractivity contribution in [3.63, 3.8) is 0 Å². The molecule has 0 bridgehead atoms. The molecule has 0 radical (unpaired) electrons. The van der Waals surface area contributed by atoms with Crippen LogP contribution < -0.4 is 5.32 Å². The second-order valence-electron chi connectivity index (χ2n) is 5.99. The van der Waals surface area contributed by atoms with Crippen molar-refractivity contribution in [3.05, 3.63) is 18.2 Å². The molecule has 130 valence electrons. The molecule has 1 unspecified atom stereocenters. The van der Waals surface area contributed by atoms with Crippen LogP contribution >= 0.6 is 0 Å². The highest BCUT2D eigenvalue weighted by atomic mass is 16.4. The molecule has 0 aromatic carbocycles. The zero-order chi connectivity index (χ0) is 17.4. The van der Waals surface area contributed by atoms with Crippen LogP contribution in [0.2, 0.25) is 0 Å². The highest BCUT2D eigenvalue weighted by Crippen LogP contribution is 2.23. The first kappa shape index (κ1) is 19.0. The predicted molar refractivity (Wildman–Crippen MR) is 85.3 cm³/mol. The lowest BCUT2D eigenvalue weighted by Gasteiger charge is -2.25. The zero-order valence-corrected chi connectivity index (χ0v) is 13.8. The number of hydrogen-bond donors (Lipinski definition) is 3. The SMILES string of the molecule is CC(C)C(NC(=O)O)c1nccn1C[C@@H]1CCCN1C.O=CO. The molecule has 1 aliphatic rings. The van der Waals surface area contributed by atoms with Gasteiger partial charge in [0.15, 0.2) is 0 Å². The van der Waals surface area contributed by atoms with Gasteiger partial charge in [-0.3, -0.25) is 4.79 Å². The lowest BCUT2D eigenvalue weighted by molar-refractivity contribution is -0.122. The smallest absolute Gasteiger partial charge is 0.405 e. The van der Waals surface area contributed by atoms with Crippen molar-refractivity contribution in [2.24, 2.45) is 5.92 Å². The average Bonchev–Trinajstić information content (AvgIpc) is 3.07. The van der Waals surface area contributed by atoms with Crippen molar-refractivity contribution in [2.45, 2.75) is 45.3 Å². The van der Waals surface area contributed by atoms with Crippen LogP contribution in [0.3, 0.4) is 0 Å².